The first-order chi connectivity index (χ1) is 8.35. The molecule has 7 heteroatoms. The Morgan fingerprint density at radius 2 is 2.22 bits per heavy atom. The second-order valence-electron chi connectivity index (χ2n) is 4.58. The maximum Gasteiger partial charge on any atom is 0.252 e. The number of hydrogen-bond acceptors (Lipinski definition) is 5. The van der Waals surface area contributed by atoms with Crippen LogP contribution < -0.4 is 10.9 Å². The van der Waals surface area contributed by atoms with E-state index in [0.29, 0.717) is 11.6 Å². The van der Waals surface area contributed by atoms with Crippen LogP contribution in [0.2, 0.25) is 0 Å². The third kappa shape index (κ3) is 2.98. The predicted molar refractivity (Wildman–Crippen MR) is 69.3 cm³/mol. The molecule has 0 spiro atoms. The third-order valence-electron chi connectivity index (χ3n) is 2.57. The summed E-state index contributed by atoms with van der Waals surface area (Å²) in [5.41, 5.74) is -0.249. The molecule has 98 valence electrons. The van der Waals surface area contributed by atoms with Gasteiger partial charge < -0.3 is 10.3 Å². The molecule has 1 aromatic rings. The van der Waals surface area contributed by atoms with E-state index < -0.39 is 9.84 Å². The fourth-order valence-corrected chi connectivity index (χ4v) is 2.91. The lowest BCUT2D eigenvalue weighted by Crippen LogP contribution is -2.23. The summed E-state index contributed by atoms with van der Waals surface area (Å²) >= 11 is 0. The highest BCUT2D eigenvalue weighted by Gasteiger charge is 2.22. The fraction of sp³-hybridized carbons (Fsp3) is 0.455. The highest BCUT2D eigenvalue weighted by Crippen LogP contribution is 2.14. The molecule has 1 atom stereocenters. The van der Waals surface area contributed by atoms with Crippen molar-refractivity contribution in [2.45, 2.75) is 25.8 Å². The van der Waals surface area contributed by atoms with E-state index in [1.54, 1.807) is 6.08 Å². The van der Waals surface area contributed by atoms with Gasteiger partial charge in [0, 0.05) is 17.4 Å². The minimum absolute atomic E-state index is 0.00150. The molecule has 1 aliphatic rings. The quantitative estimate of drug-likeness (QED) is 0.839. The monoisotopic (exact) mass is 269 g/mol. The van der Waals surface area contributed by atoms with Crippen LogP contribution >= 0.6 is 0 Å². The van der Waals surface area contributed by atoms with E-state index in [9.17, 15) is 13.2 Å². The molecule has 1 unspecified atom stereocenters. The number of hydrogen-bond donors (Lipinski definition) is 2. The summed E-state index contributed by atoms with van der Waals surface area (Å²) in [5.74, 6) is 1.07. The van der Waals surface area contributed by atoms with Crippen molar-refractivity contribution in [3.8, 4) is 0 Å². The summed E-state index contributed by atoms with van der Waals surface area (Å²) in [6.45, 7) is 3.84. The van der Waals surface area contributed by atoms with Crippen LogP contribution in [0, 0.1) is 0 Å². The van der Waals surface area contributed by atoms with E-state index in [2.05, 4.69) is 15.3 Å². The van der Waals surface area contributed by atoms with Crippen LogP contribution in [-0.4, -0.2) is 30.2 Å². The smallest absolute Gasteiger partial charge is 0.252 e. The molecule has 0 saturated carbocycles. The first-order valence-corrected chi connectivity index (χ1v) is 7.36. The molecule has 18 heavy (non-hydrogen) atoms. The Hall–Kier alpha value is -1.63. The van der Waals surface area contributed by atoms with Gasteiger partial charge in [-0.3, -0.25) is 4.79 Å². The molecular formula is C11H15N3O3S. The number of nitrogens with one attached hydrogen (secondary N) is 2. The lowest BCUT2D eigenvalue weighted by Gasteiger charge is -2.12. The number of H-pyrrole nitrogens is 1. The molecule has 0 fully saturated rings. The Morgan fingerprint density at radius 1 is 1.50 bits per heavy atom. The second-order valence-corrected chi connectivity index (χ2v) is 6.51. The van der Waals surface area contributed by atoms with Crippen LogP contribution in [0.25, 0.3) is 0 Å². The van der Waals surface area contributed by atoms with Gasteiger partial charge in [-0.25, -0.2) is 13.4 Å². The topological polar surface area (TPSA) is 91.9 Å². The number of anilines is 1. The van der Waals surface area contributed by atoms with Crippen molar-refractivity contribution in [1.29, 1.82) is 0 Å². The molecule has 2 N–H and O–H groups in total. The lowest BCUT2D eigenvalue weighted by atomic mass is 10.2. The summed E-state index contributed by atoms with van der Waals surface area (Å²) in [7, 11) is -3.11. The number of nitrogens with zero attached hydrogens (tertiary/aromatic N) is 1. The van der Waals surface area contributed by atoms with Gasteiger partial charge in [0.05, 0.1) is 11.8 Å². The van der Waals surface area contributed by atoms with Gasteiger partial charge >= 0.3 is 0 Å². The zero-order chi connectivity index (χ0) is 13.3. The van der Waals surface area contributed by atoms with Crippen molar-refractivity contribution in [3.05, 3.63) is 33.7 Å². The maximum absolute atomic E-state index is 11.4. The average Bonchev–Trinajstić information content (AvgIpc) is 2.57. The van der Waals surface area contributed by atoms with E-state index in [-0.39, 0.29) is 23.3 Å². The van der Waals surface area contributed by atoms with Gasteiger partial charge in [-0.05, 0) is 6.08 Å². The average molecular weight is 269 g/mol. The zero-order valence-corrected chi connectivity index (χ0v) is 11.0. The Bertz CT molecular complexity index is 631. The molecule has 0 saturated heterocycles. The van der Waals surface area contributed by atoms with Gasteiger partial charge in [0.15, 0.2) is 9.84 Å². The standard InChI is InChI=1S/C11H15N3O3S/c1-7(2)11-13-9(5-10(15)14-11)12-8-3-4-18(16,17)6-8/h3-5,7-8H,6H2,1-2H3,(H2,12,13,14,15). The fourth-order valence-electron chi connectivity index (χ4n) is 1.68. The number of rotatable bonds is 3. The molecule has 0 bridgehead atoms. The number of sulfone groups is 1. The lowest BCUT2D eigenvalue weighted by molar-refractivity contribution is 0.605. The normalized spacial score (nSPS) is 21.4. The SMILES string of the molecule is CC(C)c1nc(NC2C=CS(=O)(=O)C2)cc(=O)[nH]1. The minimum atomic E-state index is -3.11. The number of aromatic nitrogens is 2. The summed E-state index contributed by atoms with van der Waals surface area (Å²) in [6, 6.07) is 0.995. The van der Waals surface area contributed by atoms with Gasteiger partial charge in [-0.15, -0.1) is 0 Å². The van der Waals surface area contributed by atoms with Crippen molar-refractivity contribution in [1.82, 2.24) is 9.97 Å². The zero-order valence-electron chi connectivity index (χ0n) is 10.2. The Labute approximate surface area is 105 Å². The van der Waals surface area contributed by atoms with Gasteiger partial charge in [0.1, 0.15) is 11.6 Å². The van der Waals surface area contributed by atoms with Crippen LogP contribution in [0.1, 0.15) is 25.6 Å². The number of aromatic amines is 1. The molecule has 6 nitrogen and oxygen atoms in total. The molecule has 1 aliphatic heterocycles. The molecule has 0 radical (unpaired) electrons. The highest BCUT2D eigenvalue weighted by molar-refractivity contribution is 7.94. The van der Waals surface area contributed by atoms with Crippen molar-refractivity contribution in [2.24, 2.45) is 0 Å². The van der Waals surface area contributed by atoms with Crippen LogP contribution in [-0.2, 0) is 9.84 Å². The maximum atomic E-state index is 11.4. The van der Waals surface area contributed by atoms with Gasteiger partial charge in [0.2, 0.25) is 0 Å². The first-order valence-electron chi connectivity index (χ1n) is 5.64. The predicted octanol–water partition coefficient (Wildman–Crippen LogP) is 0.616. The molecular weight excluding hydrogens is 254 g/mol. The second kappa shape index (κ2) is 4.56. The largest absolute Gasteiger partial charge is 0.363 e. The highest BCUT2D eigenvalue weighted by atomic mass is 32.2. The minimum Gasteiger partial charge on any atom is -0.363 e. The molecule has 0 aromatic carbocycles. The van der Waals surface area contributed by atoms with Crippen LogP contribution in [0.4, 0.5) is 5.82 Å². The van der Waals surface area contributed by atoms with Gasteiger partial charge in [-0.2, -0.15) is 0 Å². The molecule has 2 heterocycles. The van der Waals surface area contributed by atoms with Crippen molar-refractivity contribution in [3.63, 3.8) is 0 Å². The molecule has 0 amide bonds. The van der Waals surface area contributed by atoms with Crippen molar-refractivity contribution in [2.75, 3.05) is 11.1 Å². The van der Waals surface area contributed by atoms with E-state index in [1.165, 1.54) is 11.5 Å². The van der Waals surface area contributed by atoms with E-state index >= 15 is 0 Å². The van der Waals surface area contributed by atoms with E-state index in [1.807, 2.05) is 13.8 Å². The summed E-state index contributed by atoms with van der Waals surface area (Å²) in [4.78, 5) is 18.3. The van der Waals surface area contributed by atoms with Gasteiger partial charge in [0.25, 0.3) is 5.56 Å². The van der Waals surface area contributed by atoms with Crippen LogP contribution in [0.15, 0.2) is 22.3 Å². The molecule has 2 rings (SSSR count). The Kier molecular flexibility index (Phi) is 3.25. The third-order valence-corrected chi connectivity index (χ3v) is 3.97. The molecule has 0 aliphatic carbocycles. The summed E-state index contributed by atoms with van der Waals surface area (Å²) < 4.78 is 22.5. The van der Waals surface area contributed by atoms with Crippen LogP contribution in [0.3, 0.4) is 0 Å². The van der Waals surface area contributed by atoms with Crippen LogP contribution in [0.5, 0.6) is 0 Å². The van der Waals surface area contributed by atoms with Crippen molar-refractivity contribution < 1.29 is 8.42 Å². The Balaban J connectivity index is 2.20. The Morgan fingerprint density at radius 3 is 2.78 bits per heavy atom. The first kappa shape index (κ1) is 12.8. The molecule has 1 aromatic heterocycles. The summed E-state index contributed by atoms with van der Waals surface area (Å²) in [6.07, 6.45) is 1.56. The van der Waals surface area contributed by atoms with E-state index in [4.69, 9.17) is 0 Å². The van der Waals surface area contributed by atoms with E-state index in [0.717, 1.165) is 0 Å². The van der Waals surface area contributed by atoms with Gasteiger partial charge in [-0.1, -0.05) is 13.8 Å². The van der Waals surface area contributed by atoms with Crippen molar-refractivity contribution >= 4 is 15.7 Å². The summed E-state index contributed by atoms with van der Waals surface area (Å²) in [5, 5.41) is 4.12.